The van der Waals surface area contributed by atoms with Gasteiger partial charge in [-0.15, -0.1) is 22.7 Å². The molecule has 0 aromatic carbocycles. The van der Waals surface area contributed by atoms with Crippen molar-refractivity contribution in [1.82, 2.24) is 4.98 Å². The monoisotopic (exact) mass is 225 g/mol. The lowest BCUT2D eigenvalue weighted by Gasteiger charge is -2.15. The first kappa shape index (κ1) is 8.26. The molecule has 0 spiro atoms. The number of thiophene rings is 1. The van der Waals surface area contributed by atoms with Crippen molar-refractivity contribution in [1.29, 1.82) is 0 Å². The standard InChI is InChI=1S/C9H7NO2S2/c1-2-12-8-7(11-1)4-14-9(8)6-3-13-5-10-6/h3-5H,1-2H2. The molecule has 3 heterocycles. The van der Waals surface area contributed by atoms with Gasteiger partial charge in [0, 0.05) is 10.8 Å². The SMILES string of the molecule is c1nc(-c2scc3c2OCCO3)cs1. The average Bonchev–Trinajstić information content (AvgIpc) is 2.85. The summed E-state index contributed by atoms with van der Waals surface area (Å²) < 4.78 is 11.0. The van der Waals surface area contributed by atoms with Crippen molar-refractivity contribution in [2.24, 2.45) is 0 Å². The first-order valence-corrected chi connectivity index (χ1v) is 6.03. The van der Waals surface area contributed by atoms with Crippen LogP contribution in [0.5, 0.6) is 11.5 Å². The Bertz CT molecular complexity index is 436. The van der Waals surface area contributed by atoms with Crippen molar-refractivity contribution in [2.75, 3.05) is 13.2 Å². The molecular weight excluding hydrogens is 218 g/mol. The second-order valence-electron chi connectivity index (χ2n) is 2.83. The molecule has 0 fully saturated rings. The predicted molar refractivity (Wildman–Crippen MR) is 56.4 cm³/mol. The molecule has 0 bridgehead atoms. The maximum atomic E-state index is 5.57. The third-order valence-corrected chi connectivity index (χ3v) is 3.51. The van der Waals surface area contributed by atoms with Crippen LogP contribution < -0.4 is 9.47 Å². The molecule has 5 heteroatoms. The van der Waals surface area contributed by atoms with Gasteiger partial charge in [-0.1, -0.05) is 0 Å². The van der Waals surface area contributed by atoms with E-state index in [0.29, 0.717) is 13.2 Å². The van der Waals surface area contributed by atoms with E-state index < -0.39 is 0 Å². The van der Waals surface area contributed by atoms with E-state index in [1.54, 1.807) is 22.7 Å². The lowest BCUT2D eigenvalue weighted by Crippen LogP contribution is -2.14. The minimum absolute atomic E-state index is 0.626. The molecule has 0 saturated carbocycles. The van der Waals surface area contributed by atoms with Crippen molar-refractivity contribution in [3.8, 4) is 22.1 Å². The smallest absolute Gasteiger partial charge is 0.181 e. The number of aromatic nitrogens is 1. The second-order valence-corrected chi connectivity index (χ2v) is 4.43. The zero-order chi connectivity index (χ0) is 9.38. The van der Waals surface area contributed by atoms with Crippen LogP contribution in [0.25, 0.3) is 10.6 Å². The normalized spacial score (nSPS) is 14.3. The molecule has 3 nitrogen and oxygen atoms in total. The molecule has 2 aromatic heterocycles. The number of hydrogen-bond donors (Lipinski definition) is 0. The third kappa shape index (κ3) is 1.20. The maximum absolute atomic E-state index is 5.57. The summed E-state index contributed by atoms with van der Waals surface area (Å²) in [7, 11) is 0. The molecule has 0 radical (unpaired) electrons. The number of hydrogen-bond acceptors (Lipinski definition) is 5. The summed E-state index contributed by atoms with van der Waals surface area (Å²) in [6, 6.07) is 0. The lowest BCUT2D eigenvalue weighted by atomic mass is 10.3. The lowest BCUT2D eigenvalue weighted by molar-refractivity contribution is 0.174. The van der Waals surface area contributed by atoms with Crippen LogP contribution in [-0.2, 0) is 0 Å². The van der Waals surface area contributed by atoms with E-state index in [0.717, 1.165) is 22.1 Å². The summed E-state index contributed by atoms with van der Waals surface area (Å²) in [5.74, 6) is 1.70. The summed E-state index contributed by atoms with van der Waals surface area (Å²) in [6.45, 7) is 1.26. The minimum atomic E-state index is 0.626. The molecule has 0 amide bonds. The van der Waals surface area contributed by atoms with E-state index in [-0.39, 0.29) is 0 Å². The van der Waals surface area contributed by atoms with Gasteiger partial charge in [0.2, 0.25) is 0 Å². The highest BCUT2D eigenvalue weighted by Crippen LogP contribution is 2.45. The van der Waals surface area contributed by atoms with Crippen LogP contribution >= 0.6 is 22.7 Å². The Labute approximate surface area is 88.9 Å². The Morgan fingerprint density at radius 1 is 1.21 bits per heavy atom. The zero-order valence-electron chi connectivity index (χ0n) is 7.23. The third-order valence-electron chi connectivity index (χ3n) is 1.97. The molecule has 3 rings (SSSR count). The summed E-state index contributed by atoms with van der Waals surface area (Å²) >= 11 is 3.20. The van der Waals surface area contributed by atoms with Crippen LogP contribution in [0.15, 0.2) is 16.3 Å². The Kier molecular flexibility index (Phi) is 1.92. The second kappa shape index (κ2) is 3.25. The van der Waals surface area contributed by atoms with E-state index in [2.05, 4.69) is 4.98 Å². The van der Waals surface area contributed by atoms with Gasteiger partial charge >= 0.3 is 0 Å². The fourth-order valence-corrected chi connectivity index (χ4v) is 2.88. The van der Waals surface area contributed by atoms with Gasteiger partial charge in [-0.3, -0.25) is 0 Å². The highest BCUT2D eigenvalue weighted by molar-refractivity contribution is 7.15. The van der Waals surface area contributed by atoms with Crippen molar-refractivity contribution < 1.29 is 9.47 Å². The highest BCUT2D eigenvalue weighted by atomic mass is 32.1. The molecule has 1 aliphatic heterocycles. The molecule has 2 aromatic rings. The minimum Gasteiger partial charge on any atom is -0.485 e. The Balaban J connectivity index is 2.11. The molecular formula is C9H7NO2S2. The van der Waals surface area contributed by atoms with Gasteiger partial charge in [-0.05, 0) is 0 Å². The van der Waals surface area contributed by atoms with E-state index >= 15 is 0 Å². The van der Waals surface area contributed by atoms with Gasteiger partial charge in [0.25, 0.3) is 0 Å². The summed E-state index contributed by atoms with van der Waals surface area (Å²) in [5.41, 5.74) is 2.80. The number of fused-ring (bicyclic) bond motifs is 1. The molecule has 0 unspecified atom stereocenters. The van der Waals surface area contributed by atoms with Crippen LogP contribution in [0.2, 0.25) is 0 Å². The summed E-state index contributed by atoms with van der Waals surface area (Å²) in [4.78, 5) is 5.33. The van der Waals surface area contributed by atoms with Gasteiger partial charge in [-0.25, -0.2) is 4.98 Å². The number of ether oxygens (including phenoxy) is 2. The molecule has 0 saturated heterocycles. The van der Waals surface area contributed by atoms with Gasteiger partial charge in [0.05, 0.1) is 16.1 Å². The van der Waals surface area contributed by atoms with Crippen LogP contribution in [0, 0.1) is 0 Å². The largest absolute Gasteiger partial charge is 0.485 e. The van der Waals surface area contributed by atoms with Gasteiger partial charge < -0.3 is 9.47 Å². The van der Waals surface area contributed by atoms with E-state index in [1.807, 2.05) is 16.3 Å². The van der Waals surface area contributed by atoms with Crippen LogP contribution in [0.4, 0.5) is 0 Å². The quantitative estimate of drug-likeness (QED) is 0.747. The average molecular weight is 225 g/mol. The van der Waals surface area contributed by atoms with Gasteiger partial charge in [0.1, 0.15) is 13.2 Å². The first-order valence-electron chi connectivity index (χ1n) is 4.21. The first-order chi connectivity index (χ1) is 6.95. The molecule has 72 valence electrons. The number of nitrogens with zero attached hydrogens (tertiary/aromatic N) is 1. The number of thiazole rings is 1. The van der Waals surface area contributed by atoms with Gasteiger partial charge in [-0.2, -0.15) is 0 Å². The topological polar surface area (TPSA) is 31.4 Å². The Morgan fingerprint density at radius 2 is 2.14 bits per heavy atom. The maximum Gasteiger partial charge on any atom is 0.181 e. The van der Waals surface area contributed by atoms with Crippen LogP contribution in [0.3, 0.4) is 0 Å². The van der Waals surface area contributed by atoms with Crippen LogP contribution in [0.1, 0.15) is 0 Å². The van der Waals surface area contributed by atoms with Crippen molar-refractivity contribution in [2.45, 2.75) is 0 Å². The Morgan fingerprint density at radius 3 is 3.00 bits per heavy atom. The molecule has 0 N–H and O–H groups in total. The Hall–Kier alpha value is -1.07. The predicted octanol–water partition coefficient (Wildman–Crippen LogP) is 2.64. The zero-order valence-corrected chi connectivity index (χ0v) is 8.86. The van der Waals surface area contributed by atoms with Gasteiger partial charge in [0.15, 0.2) is 11.5 Å². The molecule has 1 aliphatic rings. The van der Waals surface area contributed by atoms with Crippen molar-refractivity contribution >= 4 is 22.7 Å². The fraction of sp³-hybridized carbons (Fsp3) is 0.222. The van der Waals surface area contributed by atoms with Crippen molar-refractivity contribution in [3.63, 3.8) is 0 Å². The summed E-state index contributed by atoms with van der Waals surface area (Å²) in [5, 5.41) is 3.99. The fourth-order valence-electron chi connectivity index (χ4n) is 1.36. The molecule has 14 heavy (non-hydrogen) atoms. The highest BCUT2D eigenvalue weighted by Gasteiger charge is 2.20. The molecule has 0 aliphatic carbocycles. The van der Waals surface area contributed by atoms with E-state index in [9.17, 15) is 0 Å². The van der Waals surface area contributed by atoms with E-state index in [1.165, 1.54) is 0 Å². The summed E-state index contributed by atoms with van der Waals surface area (Å²) in [6.07, 6.45) is 0. The van der Waals surface area contributed by atoms with E-state index in [4.69, 9.17) is 9.47 Å². The number of rotatable bonds is 1. The van der Waals surface area contributed by atoms with Crippen molar-refractivity contribution in [3.05, 3.63) is 16.3 Å². The molecule has 0 atom stereocenters. The van der Waals surface area contributed by atoms with Crippen LogP contribution in [-0.4, -0.2) is 18.2 Å².